The van der Waals surface area contributed by atoms with Crippen LogP contribution in [0.2, 0.25) is 5.02 Å². The van der Waals surface area contributed by atoms with Crippen LogP contribution < -0.4 is 20.5 Å². The first-order valence-corrected chi connectivity index (χ1v) is 7.45. The molecule has 0 atom stereocenters. The minimum Gasteiger partial charge on any atom is -0.496 e. The molecular formula is C17H20ClN3O2. The van der Waals surface area contributed by atoms with Gasteiger partial charge in [0.1, 0.15) is 11.5 Å². The number of nitrogens with zero attached hydrogens (tertiary/aromatic N) is 1. The van der Waals surface area contributed by atoms with Crippen molar-refractivity contribution in [3.8, 4) is 11.5 Å². The van der Waals surface area contributed by atoms with Crippen LogP contribution in [0.3, 0.4) is 0 Å². The maximum Gasteiger partial charge on any atom is 0.193 e. The van der Waals surface area contributed by atoms with E-state index >= 15 is 0 Å². The van der Waals surface area contributed by atoms with Gasteiger partial charge >= 0.3 is 0 Å². The average Bonchev–Trinajstić information content (AvgIpc) is 2.54. The van der Waals surface area contributed by atoms with Crippen molar-refractivity contribution in [2.75, 3.05) is 19.5 Å². The lowest BCUT2D eigenvalue weighted by molar-refractivity contribution is 0.411. The zero-order chi connectivity index (χ0) is 16.8. The monoisotopic (exact) mass is 333 g/mol. The van der Waals surface area contributed by atoms with Gasteiger partial charge in [0.05, 0.1) is 25.8 Å². The van der Waals surface area contributed by atoms with E-state index in [1.165, 1.54) is 0 Å². The number of benzene rings is 2. The second-order valence-electron chi connectivity index (χ2n) is 4.98. The molecule has 23 heavy (non-hydrogen) atoms. The number of hydrogen-bond donors (Lipinski definition) is 2. The zero-order valence-electron chi connectivity index (χ0n) is 13.4. The molecule has 2 rings (SSSR count). The number of aliphatic imine (C=N–C) groups is 1. The minimum atomic E-state index is 0.311. The Kier molecular flexibility index (Phi) is 5.71. The molecule has 0 heterocycles. The fourth-order valence-corrected chi connectivity index (χ4v) is 2.33. The van der Waals surface area contributed by atoms with Crippen molar-refractivity contribution in [2.24, 2.45) is 10.7 Å². The van der Waals surface area contributed by atoms with Gasteiger partial charge in [-0.3, -0.25) is 0 Å². The molecule has 122 valence electrons. The van der Waals surface area contributed by atoms with E-state index in [0.717, 1.165) is 22.6 Å². The van der Waals surface area contributed by atoms with E-state index in [9.17, 15) is 0 Å². The summed E-state index contributed by atoms with van der Waals surface area (Å²) in [6, 6.07) is 11.3. The Morgan fingerprint density at radius 2 is 1.87 bits per heavy atom. The van der Waals surface area contributed by atoms with Crippen molar-refractivity contribution in [1.29, 1.82) is 0 Å². The molecule has 0 saturated carbocycles. The number of nitrogens with one attached hydrogen (secondary N) is 1. The van der Waals surface area contributed by atoms with Gasteiger partial charge in [0.15, 0.2) is 5.96 Å². The lowest BCUT2D eigenvalue weighted by atomic mass is 10.1. The van der Waals surface area contributed by atoms with Gasteiger partial charge in [-0.1, -0.05) is 23.7 Å². The van der Waals surface area contributed by atoms with Gasteiger partial charge in [-0.2, -0.15) is 0 Å². The highest BCUT2D eigenvalue weighted by Gasteiger charge is 2.03. The van der Waals surface area contributed by atoms with Gasteiger partial charge in [-0.25, -0.2) is 4.99 Å². The van der Waals surface area contributed by atoms with Crippen LogP contribution in [0.1, 0.15) is 11.1 Å². The molecule has 3 N–H and O–H groups in total. The fourth-order valence-electron chi connectivity index (χ4n) is 2.07. The Morgan fingerprint density at radius 1 is 1.13 bits per heavy atom. The Morgan fingerprint density at radius 3 is 2.52 bits per heavy atom. The van der Waals surface area contributed by atoms with Crippen molar-refractivity contribution in [2.45, 2.75) is 13.5 Å². The van der Waals surface area contributed by atoms with Crippen LogP contribution in [-0.2, 0) is 6.54 Å². The summed E-state index contributed by atoms with van der Waals surface area (Å²) in [5.41, 5.74) is 8.76. The molecule has 0 spiro atoms. The molecule has 0 unspecified atom stereocenters. The van der Waals surface area contributed by atoms with Crippen LogP contribution in [0.5, 0.6) is 11.5 Å². The molecule has 6 heteroatoms. The topological polar surface area (TPSA) is 68.9 Å². The number of halogens is 1. The molecule has 0 fully saturated rings. The summed E-state index contributed by atoms with van der Waals surface area (Å²) in [5.74, 6) is 1.76. The van der Waals surface area contributed by atoms with Crippen LogP contribution in [-0.4, -0.2) is 20.2 Å². The summed E-state index contributed by atoms with van der Waals surface area (Å²) in [4.78, 5) is 4.32. The Balaban J connectivity index is 2.04. The first-order valence-electron chi connectivity index (χ1n) is 7.07. The fraction of sp³-hybridized carbons (Fsp3) is 0.235. The second kappa shape index (κ2) is 7.74. The van der Waals surface area contributed by atoms with Gasteiger partial charge in [0.25, 0.3) is 0 Å². The highest BCUT2D eigenvalue weighted by Crippen LogP contribution is 2.27. The molecular weight excluding hydrogens is 314 g/mol. The van der Waals surface area contributed by atoms with Crippen LogP contribution in [0.25, 0.3) is 0 Å². The number of ether oxygens (including phenoxy) is 2. The summed E-state index contributed by atoms with van der Waals surface area (Å²) in [6.07, 6.45) is 0. The molecule has 0 aliphatic carbocycles. The van der Waals surface area contributed by atoms with Crippen LogP contribution in [0, 0.1) is 6.92 Å². The third-order valence-corrected chi connectivity index (χ3v) is 3.62. The lowest BCUT2D eigenvalue weighted by Crippen LogP contribution is -2.22. The third kappa shape index (κ3) is 4.53. The average molecular weight is 334 g/mol. The van der Waals surface area contributed by atoms with Gasteiger partial charge in [0.2, 0.25) is 0 Å². The molecule has 0 aliphatic heterocycles. The number of nitrogens with two attached hydrogens (primary N) is 1. The normalized spacial score (nSPS) is 11.2. The highest BCUT2D eigenvalue weighted by atomic mass is 35.5. The van der Waals surface area contributed by atoms with E-state index in [1.54, 1.807) is 26.4 Å². The van der Waals surface area contributed by atoms with Crippen LogP contribution in [0.15, 0.2) is 41.4 Å². The molecule has 5 nitrogen and oxygen atoms in total. The van der Waals surface area contributed by atoms with E-state index in [2.05, 4.69) is 10.3 Å². The Hall–Kier alpha value is -2.40. The van der Waals surface area contributed by atoms with Crippen molar-refractivity contribution in [1.82, 2.24) is 0 Å². The van der Waals surface area contributed by atoms with Gasteiger partial charge in [0, 0.05) is 5.69 Å². The molecule has 2 aromatic rings. The maximum atomic E-state index is 6.07. The van der Waals surface area contributed by atoms with E-state index in [-0.39, 0.29) is 0 Å². The maximum absolute atomic E-state index is 6.07. The number of aryl methyl sites for hydroxylation is 1. The molecule has 0 bridgehead atoms. The second-order valence-corrected chi connectivity index (χ2v) is 5.39. The standard InChI is InChI=1S/C17H20ClN3O2/c1-11-4-5-12(8-16(11)23-3)10-20-17(19)21-13-6-7-15(22-2)14(18)9-13/h4-9H,10H2,1-3H3,(H3,19,20,21). The molecule has 0 amide bonds. The molecule has 0 saturated heterocycles. The first-order chi connectivity index (χ1) is 11.0. The number of anilines is 1. The quantitative estimate of drug-likeness (QED) is 0.648. The number of guanidine groups is 1. The first kappa shape index (κ1) is 17.0. The molecule has 2 aromatic carbocycles. The van der Waals surface area contributed by atoms with E-state index < -0.39 is 0 Å². The van der Waals surface area contributed by atoms with Gasteiger partial charge < -0.3 is 20.5 Å². The summed E-state index contributed by atoms with van der Waals surface area (Å²) in [5, 5.41) is 3.51. The highest BCUT2D eigenvalue weighted by molar-refractivity contribution is 6.32. The summed E-state index contributed by atoms with van der Waals surface area (Å²) in [7, 11) is 3.22. The van der Waals surface area contributed by atoms with Crippen molar-refractivity contribution in [3.63, 3.8) is 0 Å². The summed E-state index contributed by atoms with van der Waals surface area (Å²) in [6.45, 7) is 2.45. The summed E-state index contributed by atoms with van der Waals surface area (Å²) < 4.78 is 10.4. The van der Waals surface area contributed by atoms with E-state index in [0.29, 0.717) is 23.3 Å². The number of methoxy groups -OCH3 is 2. The Bertz CT molecular complexity index is 717. The van der Waals surface area contributed by atoms with E-state index in [4.69, 9.17) is 26.8 Å². The molecule has 0 aliphatic rings. The predicted octanol–water partition coefficient (Wildman–Crippen LogP) is 3.59. The zero-order valence-corrected chi connectivity index (χ0v) is 14.1. The number of hydrogen-bond acceptors (Lipinski definition) is 3. The van der Waals surface area contributed by atoms with E-state index in [1.807, 2.05) is 31.2 Å². The molecule has 0 aromatic heterocycles. The predicted molar refractivity (Wildman–Crippen MR) is 94.7 cm³/mol. The van der Waals surface area contributed by atoms with Gasteiger partial charge in [-0.15, -0.1) is 0 Å². The number of rotatable bonds is 5. The lowest BCUT2D eigenvalue weighted by Gasteiger charge is -2.09. The largest absolute Gasteiger partial charge is 0.496 e. The Labute approximate surface area is 141 Å². The third-order valence-electron chi connectivity index (χ3n) is 3.33. The van der Waals surface area contributed by atoms with Crippen molar-refractivity contribution in [3.05, 3.63) is 52.5 Å². The van der Waals surface area contributed by atoms with Crippen molar-refractivity contribution < 1.29 is 9.47 Å². The van der Waals surface area contributed by atoms with Gasteiger partial charge in [-0.05, 0) is 42.3 Å². The van der Waals surface area contributed by atoms with Crippen LogP contribution >= 0.6 is 11.6 Å². The SMILES string of the molecule is COc1cc(CN=C(N)Nc2ccc(OC)c(Cl)c2)ccc1C. The smallest absolute Gasteiger partial charge is 0.193 e. The van der Waals surface area contributed by atoms with Crippen LogP contribution in [0.4, 0.5) is 5.69 Å². The van der Waals surface area contributed by atoms with Crippen molar-refractivity contribution >= 4 is 23.2 Å². The minimum absolute atomic E-state index is 0.311. The summed E-state index contributed by atoms with van der Waals surface area (Å²) >= 11 is 6.07. The molecule has 0 radical (unpaired) electrons.